The number of hydrogen-bond acceptors (Lipinski definition) is 3. The van der Waals surface area contributed by atoms with E-state index in [2.05, 4.69) is 5.32 Å². The molecule has 0 saturated heterocycles. The summed E-state index contributed by atoms with van der Waals surface area (Å²) in [6.45, 7) is 3.95. The number of rotatable bonds is 4. The highest BCUT2D eigenvalue weighted by molar-refractivity contribution is 5.86. The summed E-state index contributed by atoms with van der Waals surface area (Å²) in [7, 11) is 1.73. The highest BCUT2D eigenvalue weighted by Crippen LogP contribution is 2.22. The van der Waals surface area contributed by atoms with E-state index < -0.39 is 0 Å². The van der Waals surface area contributed by atoms with Crippen LogP contribution in [0.5, 0.6) is 5.75 Å². The summed E-state index contributed by atoms with van der Waals surface area (Å²) < 4.78 is 18.5. The zero-order valence-electron chi connectivity index (χ0n) is 10.3. The first-order valence-electron chi connectivity index (χ1n) is 5.43. The summed E-state index contributed by atoms with van der Waals surface area (Å²) >= 11 is 0. The first-order chi connectivity index (χ1) is 8.02. The summed E-state index contributed by atoms with van der Waals surface area (Å²) in [4.78, 5) is 0. The van der Waals surface area contributed by atoms with Crippen LogP contribution in [0.2, 0.25) is 0 Å². The van der Waals surface area contributed by atoms with Crippen LogP contribution < -0.4 is 10.1 Å². The lowest BCUT2D eigenvalue weighted by Crippen LogP contribution is -2.05. The van der Waals surface area contributed by atoms with Gasteiger partial charge in [-0.15, -0.1) is 0 Å². The molecule has 1 aromatic carbocycles. The van der Waals surface area contributed by atoms with Gasteiger partial charge < -0.3 is 10.1 Å². The summed E-state index contributed by atoms with van der Waals surface area (Å²) in [5.41, 5.74) is 0.852. The van der Waals surface area contributed by atoms with Gasteiger partial charge in [0.1, 0.15) is 11.6 Å². The van der Waals surface area contributed by atoms with Gasteiger partial charge in [-0.3, -0.25) is 5.41 Å². The summed E-state index contributed by atoms with van der Waals surface area (Å²) in [6, 6.07) is 4.49. The molecule has 0 atom stereocenters. The van der Waals surface area contributed by atoms with Gasteiger partial charge in [-0.2, -0.15) is 0 Å². The molecule has 0 aliphatic carbocycles. The van der Waals surface area contributed by atoms with Gasteiger partial charge >= 0.3 is 0 Å². The minimum Gasteiger partial charge on any atom is -0.439 e. The lowest BCUT2D eigenvalue weighted by molar-refractivity contribution is 0.535. The Labute approximate surface area is 101 Å². The maximum absolute atomic E-state index is 13.3. The van der Waals surface area contributed by atoms with Crippen LogP contribution in [0.15, 0.2) is 30.5 Å². The molecule has 0 heterocycles. The molecule has 0 spiro atoms. The normalized spacial score (nSPS) is 10.9. The molecule has 0 fully saturated rings. The highest BCUT2D eigenvalue weighted by atomic mass is 19.1. The Kier molecular flexibility index (Phi) is 4.69. The van der Waals surface area contributed by atoms with E-state index in [4.69, 9.17) is 10.1 Å². The molecular weight excluding hydrogens is 219 g/mol. The third kappa shape index (κ3) is 4.26. The molecule has 0 unspecified atom stereocenters. The Morgan fingerprint density at radius 3 is 2.71 bits per heavy atom. The number of ether oxygens (including phenoxy) is 1. The van der Waals surface area contributed by atoms with E-state index >= 15 is 0 Å². The Bertz CT molecular complexity index is 427. The van der Waals surface area contributed by atoms with Crippen molar-refractivity contribution in [3.05, 3.63) is 41.9 Å². The first kappa shape index (κ1) is 13.2. The standard InChI is InChI=1S/C13H17FN2O/c1-9(2)10-6-11(14)8-12(7-10)17-13(15)4-5-16-3/h4-9,15-16H,1-3H3/b5-4-,15-13?. The second-order valence-corrected chi connectivity index (χ2v) is 3.96. The molecule has 92 valence electrons. The largest absolute Gasteiger partial charge is 0.439 e. The van der Waals surface area contributed by atoms with Gasteiger partial charge in [0, 0.05) is 25.4 Å². The molecule has 2 N–H and O–H groups in total. The molecule has 0 aliphatic heterocycles. The van der Waals surface area contributed by atoms with Gasteiger partial charge in [-0.1, -0.05) is 13.8 Å². The molecule has 4 heteroatoms. The Morgan fingerprint density at radius 1 is 1.41 bits per heavy atom. The summed E-state index contributed by atoms with van der Waals surface area (Å²) in [6.07, 6.45) is 3.03. The molecule has 0 aliphatic rings. The van der Waals surface area contributed by atoms with Crippen LogP contribution in [0.1, 0.15) is 25.3 Å². The molecule has 3 nitrogen and oxygen atoms in total. The zero-order valence-corrected chi connectivity index (χ0v) is 10.3. The fraction of sp³-hybridized carbons (Fsp3) is 0.308. The minimum absolute atomic E-state index is 0.0420. The van der Waals surface area contributed by atoms with Crippen LogP contribution in [0.25, 0.3) is 0 Å². The molecule has 0 saturated carbocycles. The maximum Gasteiger partial charge on any atom is 0.213 e. The third-order valence-electron chi connectivity index (χ3n) is 2.19. The molecule has 0 amide bonds. The molecular formula is C13H17FN2O. The smallest absolute Gasteiger partial charge is 0.213 e. The average Bonchev–Trinajstić information content (AvgIpc) is 2.25. The van der Waals surface area contributed by atoms with Crippen molar-refractivity contribution >= 4 is 5.90 Å². The van der Waals surface area contributed by atoms with E-state index in [9.17, 15) is 4.39 Å². The lowest BCUT2D eigenvalue weighted by Gasteiger charge is -2.09. The van der Waals surface area contributed by atoms with Gasteiger partial charge in [-0.05, 0) is 23.6 Å². The Morgan fingerprint density at radius 2 is 2.12 bits per heavy atom. The van der Waals surface area contributed by atoms with Crippen molar-refractivity contribution in [1.82, 2.24) is 5.32 Å². The summed E-state index contributed by atoms with van der Waals surface area (Å²) in [5.74, 6) is 0.172. The van der Waals surface area contributed by atoms with E-state index in [1.165, 1.54) is 18.2 Å². The third-order valence-corrected chi connectivity index (χ3v) is 2.19. The van der Waals surface area contributed by atoms with Crippen LogP contribution in [0.4, 0.5) is 4.39 Å². The van der Waals surface area contributed by atoms with E-state index in [-0.39, 0.29) is 17.6 Å². The van der Waals surface area contributed by atoms with Crippen LogP contribution in [-0.2, 0) is 0 Å². The van der Waals surface area contributed by atoms with Crippen molar-refractivity contribution in [2.75, 3.05) is 7.05 Å². The quantitative estimate of drug-likeness (QED) is 0.623. The number of nitrogens with one attached hydrogen (secondary N) is 2. The molecule has 0 bridgehead atoms. The van der Waals surface area contributed by atoms with E-state index in [1.54, 1.807) is 19.3 Å². The Hall–Kier alpha value is -1.84. The van der Waals surface area contributed by atoms with Crippen molar-refractivity contribution in [2.24, 2.45) is 0 Å². The van der Waals surface area contributed by atoms with Crippen LogP contribution in [-0.4, -0.2) is 12.9 Å². The zero-order chi connectivity index (χ0) is 12.8. The number of hydrogen-bond donors (Lipinski definition) is 2. The predicted octanol–water partition coefficient (Wildman–Crippen LogP) is 3.04. The Balaban J connectivity index is 2.84. The van der Waals surface area contributed by atoms with Crippen molar-refractivity contribution in [3.8, 4) is 5.75 Å². The predicted molar refractivity (Wildman–Crippen MR) is 67.0 cm³/mol. The summed E-state index contributed by atoms with van der Waals surface area (Å²) in [5, 5.41) is 10.3. The molecule has 0 aromatic heterocycles. The molecule has 0 radical (unpaired) electrons. The molecule has 1 aromatic rings. The second kappa shape index (κ2) is 6.03. The van der Waals surface area contributed by atoms with Gasteiger partial charge in [-0.25, -0.2) is 4.39 Å². The van der Waals surface area contributed by atoms with Crippen molar-refractivity contribution < 1.29 is 9.13 Å². The average molecular weight is 236 g/mol. The van der Waals surface area contributed by atoms with E-state index in [0.29, 0.717) is 5.75 Å². The van der Waals surface area contributed by atoms with Crippen molar-refractivity contribution in [2.45, 2.75) is 19.8 Å². The van der Waals surface area contributed by atoms with Gasteiger partial charge in [0.25, 0.3) is 0 Å². The van der Waals surface area contributed by atoms with Gasteiger partial charge in [0.05, 0.1) is 0 Å². The van der Waals surface area contributed by atoms with Crippen molar-refractivity contribution in [1.29, 1.82) is 5.41 Å². The van der Waals surface area contributed by atoms with Gasteiger partial charge in [0.2, 0.25) is 5.90 Å². The monoisotopic (exact) mass is 236 g/mol. The first-order valence-corrected chi connectivity index (χ1v) is 5.43. The number of halogens is 1. The van der Waals surface area contributed by atoms with Crippen molar-refractivity contribution in [3.63, 3.8) is 0 Å². The van der Waals surface area contributed by atoms with E-state index in [0.717, 1.165) is 5.56 Å². The minimum atomic E-state index is -0.350. The van der Waals surface area contributed by atoms with Crippen LogP contribution >= 0.6 is 0 Å². The molecule has 17 heavy (non-hydrogen) atoms. The van der Waals surface area contributed by atoms with E-state index in [1.807, 2.05) is 13.8 Å². The SMILES string of the molecule is CN/C=C\C(=N)Oc1cc(F)cc(C(C)C)c1. The maximum atomic E-state index is 13.3. The number of benzene rings is 1. The lowest BCUT2D eigenvalue weighted by atomic mass is 10.0. The highest BCUT2D eigenvalue weighted by Gasteiger charge is 2.06. The van der Waals surface area contributed by atoms with Crippen LogP contribution in [0, 0.1) is 11.2 Å². The second-order valence-electron chi connectivity index (χ2n) is 3.96. The molecule has 1 rings (SSSR count). The fourth-order valence-electron chi connectivity index (χ4n) is 1.30. The van der Waals surface area contributed by atoms with Gasteiger partial charge in [0.15, 0.2) is 0 Å². The topological polar surface area (TPSA) is 45.1 Å². The fourth-order valence-corrected chi connectivity index (χ4v) is 1.30. The van der Waals surface area contributed by atoms with Crippen LogP contribution in [0.3, 0.4) is 0 Å².